The summed E-state index contributed by atoms with van der Waals surface area (Å²) in [4.78, 5) is 16.4. The van der Waals surface area contributed by atoms with E-state index >= 15 is 0 Å². The number of amides is 1. The molecule has 22 heavy (non-hydrogen) atoms. The van der Waals surface area contributed by atoms with Crippen LogP contribution in [0.4, 0.5) is 5.69 Å². The molecule has 1 N–H and O–H groups in total. The highest BCUT2D eigenvalue weighted by Gasteiger charge is 2.11. The Morgan fingerprint density at radius 1 is 1.09 bits per heavy atom. The number of hydrogen-bond acceptors (Lipinski definition) is 3. The van der Waals surface area contributed by atoms with Crippen molar-refractivity contribution in [1.29, 1.82) is 0 Å². The molecule has 0 aliphatic heterocycles. The second-order valence-corrected chi connectivity index (χ2v) is 5.11. The van der Waals surface area contributed by atoms with Crippen LogP contribution >= 0.6 is 0 Å². The van der Waals surface area contributed by atoms with Crippen LogP contribution in [0.2, 0.25) is 0 Å². The maximum atomic E-state index is 12.4. The highest BCUT2D eigenvalue weighted by Crippen LogP contribution is 2.20. The minimum Gasteiger partial charge on any atom is -0.320 e. The lowest BCUT2D eigenvalue weighted by atomic mass is 10.1. The zero-order valence-corrected chi connectivity index (χ0v) is 12.4. The van der Waals surface area contributed by atoms with Crippen molar-refractivity contribution in [2.75, 3.05) is 5.32 Å². The quantitative estimate of drug-likeness (QED) is 0.806. The van der Waals surface area contributed by atoms with Gasteiger partial charge in [-0.05, 0) is 49.2 Å². The van der Waals surface area contributed by atoms with E-state index in [0.29, 0.717) is 11.3 Å². The molecule has 1 heterocycles. The number of benzene rings is 2. The lowest BCUT2D eigenvalue weighted by molar-refractivity contribution is 0.102. The first-order valence-corrected chi connectivity index (χ1v) is 6.98. The summed E-state index contributed by atoms with van der Waals surface area (Å²) in [6.07, 6.45) is 3.06. The van der Waals surface area contributed by atoms with Crippen LogP contribution in [0.1, 0.15) is 21.5 Å². The van der Waals surface area contributed by atoms with Crippen LogP contribution in [0, 0.1) is 13.8 Å². The molecule has 5 heteroatoms. The monoisotopic (exact) mass is 292 g/mol. The molecule has 0 saturated heterocycles. The molecule has 3 rings (SSSR count). The SMILES string of the molecule is Cc1ccc(C(=O)Nc2ccccc2-n2cncn2)cc1C. The summed E-state index contributed by atoms with van der Waals surface area (Å²) in [6.45, 7) is 4.02. The molecule has 0 radical (unpaired) electrons. The minimum absolute atomic E-state index is 0.143. The maximum Gasteiger partial charge on any atom is 0.255 e. The van der Waals surface area contributed by atoms with Gasteiger partial charge in [-0.1, -0.05) is 18.2 Å². The Morgan fingerprint density at radius 3 is 2.64 bits per heavy atom. The van der Waals surface area contributed by atoms with Gasteiger partial charge in [0.25, 0.3) is 5.91 Å². The molecule has 0 aliphatic rings. The second kappa shape index (κ2) is 5.81. The Morgan fingerprint density at radius 2 is 1.91 bits per heavy atom. The van der Waals surface area contributed by atoms with Gasteiger partial charge in [-0.2, -0.15) is 5.10 Å². The van der Waals surface area contributed by atoms with Crippen LogP contribution in [0.25, 0.3) is 5.69 Å². The van der Waals surface area contributed by atoms with Crippen molar-refractivity contribution in [3.05, 3.63) is 71.8 Å². The van der Waals surface area contributed by atoms with E-state index in [-0.39, 0.29) is 5.91 Å². The van der Waals surface area contributed by atoms with Crippen molar-refractivity contribution in [3.8, 4) is 5.69 Å². The lowest BCUT2D eigenvalue weighted by Gasteiger charge is -2.11. The molecule has 2 aromatic carbocycles. The van der Waals surface area contributed by atoms with Gasteiger partial charge in [0.05, 0.1) is 11.4 Å². The fraction of sp³-hybridized carbons (Fsp3) is 0.118. The Balaban J connectivity index is 1.90. The topological polar surface area (TPSA) is 59.8 Å². The third-order valence-electron chi connectivity index (χ3n) is 3.59. The van der Waals surface area contributed by atoms with Crippen LogP contribution in [-0.4, -0.2) is 20.7 Å². The molecule has 5 nitrogen and oxygen atoms in total. The molecule has 0 saturated carbocycles. The molecule has 0 bridgehead atoms. The van der Waals surface area contributed by atoms with E-state index in [0.717, 1.165) is 11.3 Å². The van der Waals surface area contributed by atoms with Crippen LogP contribution < -0.4 is 5.32 Å². The number of hydrogen-bond donors (Lipinski definition) is 1. The van der Waals surface area contributed by atoms with E-state index in [2.05, 4.69) is 15.4 Å². The summed E-state index contributed by atoms with van der Waals surface area (Å²) in [5.41, 5.74) is 4.36. The number of nitrogens with one attached hydrogen (secondary N) is 1. The van der Waals surface area contributed by atoms with E-state index in [9.17, 15) is 4.79 Å². The summed E-state index contributed by atoms with van der Waals surface area (Å²) < 4.78 is 1.62. The van der Waals surface area contributed by atoms with Gasteiger partial charge >= 0.3 is 0 Å². The number of para-hydroxylation sites is 2. The van der Waals surface area contributed by atoms with Gasteiger partial charge in [-0.25, -0.2) is 9.67 Å². The van der Waals surface area contributed by atoms with Crippen molar-refractivity contribution >= 4 is 11.6 Å². The first kappa shape index (κ1) is 14.0. The molecular formula is C17H16N4O. The van der Waals surface area contributed by atoms with Crippen LogP contribution in [0.15, 0.2) is 55.1 Å². The highest BCUT2D eigenvalue weighted by molar-refractivity contribution is 6.05. The van der Waals surface area contributed by atoms with Crippen molar-refractivity contribution in [2.45, 2.75) is 13.8 Å². The predicted octanol–water partition coefficient (Wildman–Crippen LogP) is 3.14. The first-order valence-electron chi connectivity index (χ1n) is 6.98. The minimum atomic E-state index is -0.143. The number of carbonyl (C=O) groups excluding carboxylic acids is 1. The Bertz CT molecular complexity index is 809. The summed E-state index contributed by atoms with van der Waals surface area (Å²) in [5, 5.41) is 7.04. The zero-order valence-electron chi connectivity index (χ0n) is 12.4. The number of nitrogens with zero attached hydrogens (tertiary/aromatic N) is 3. The van der Waals surface area contributed by atoms with E-state index in [1.807, 2.05) is 56.3 Å². The van der Waals surface area contributed by atoms with Gasteiger partial charge in [0.15, 0.2) is 0 Å². The maximum absolute atomic E-state index is 12.4. The zero-order chi connectivity index (χ0) is 15.5. The Hall–Kier alpha value is -2.95. The number of rotatable bonds is 3. The highest BCUT2D eigenvalue weighted by atomic mass is 16.1. The number of aryl methyl sites for hydroxylation is 2. The van der Waals surface area contributed by atoms with Crippen molar-refractivity contribution in [1.82, 2.24) is 14.8 Å². The molecule has 0 atom stereocenters. The Kier molecular flexibility index (Phi) is 3.70. The van der Waals surface area contributed by atoms with Gasteiger partial charge in [0.2, 0.25) is 0 Å². The molecular weight excluding hydrogens is 276 g/mol. The van der Waals surface area contributed by atoms with Gasteiger partial charge in [0.1, 0.15) is 12.7 Å². The number of carbonyl (C=O) groups is 1. The normalized spacial score (nSPS) is 10.5. The average Bonchev–Trinajstić information content (AvgIpc) is 3.04. The molecule has 0 fully saturated rings. The van der Waals surface area contributed by atoms with E-state index in [1.54, 1.807) is 11.0 Å². The number of aromatic nitrogens is 3. The lowest BCUT2D eigenvalue weighted by Crippen LogP contribution is -2.14. The molecule has 0 spiro atoms. The van der Waals surface area contributed by atoms with Crippen LogP contribution in [0.5, 0.6) is 0 Å². The predicted molar refractivity (Wildman–Crippen MR) is 85.2 cm³/mol. The Labute approximate surface area is 128 Å². The molecule has 0 unspecified atom stereocenters. The summed E-state index contributed by atoms with van der Waals surface area (Å²) in [6, 6.07) is 13.2. The van der Waals surface area contributed by atoms with Gasteiger partial charge in [0, 0.05) is 5.56 Å². The molecule has 0 aliphatic carbocycles. The smallest absolute Gasteiger partial charge is 0.255 e. The van der Waals surface area contributed by atoms with E-state index in [1.165, 1.54) is 11.9 Å². The number of anilines is 1. The third-order valence-corrected chi connectivity index (χ3v) is 3.59. The fourth-order valence-electron chi connectivity index (χ4n) is 2.19. The molecule has 3 aromatic rings. The molecule has 110 valence electrons. The van der Waals surface area contributed by atoms with E-state index in [4.69, 9.17) is 0 Å². The molecule has 1 amide bonds. The standard InChI is InChI=1S/C17H16N4O/c1-12-7-8-14(9-13(12)2)17(22)20-15-5-3-4-6-16(15)21-11-18-10-19-21/h3-11H,1-2H3,(H,20,22). The summed E-state index contributed by atoms with van der Waals surface area (Å²) >= 11 is 0. The second-order valence-electron chi connectivity index (χ2n) is 5.11. The average molecular weight is 292 g/mol. The van der Waals surface area contributed by atoms with E-state index < -0.39 is 0 Å². The summed E-state index contributed by atoms with van der Waals surface area (Å²) in [7, 11) is 0. The van der Waals surface area contributed by atoms with Crippen molar-refractivity contribution < 1.29 is 4.79 Å². The fourth-order valence-corrected chi connectivity index (χ4v) is 2.19. The molecule has 1 aromatic heterocycles. The van der Waals surface area contributed by atoms with Crippen molar-refractivity contribution in [3.63, 3.8) is 0 Å². The first-order chi connectivity index (χ1) is 10.6. The van der Waals surface area contributed by atoms with Gasteiger partial charge in [-0.3, -0.25) is 4.79 Å². The van der Waals surface area contributed by atoms with Crippen molar-refractivity contribution in [2.24, 2.45) is 0 Å². The van der Waals surface area contributed by atoms with Crippen LogP contribution in [0.3, 0.4) is 0 Å². The van der Waals surface area contributed by atoms with Gasteiger partial charge in [-0.15, -0.1) is 0 Å². The van der Waals surface area contributed by atoms with Gasteiger partial charge < -0.3 is 5.32 Å². The summed E-state index contributed by atoms with van der Waals surface area (Å²) in [5.74, 6) is -0.143. The third kappa shape index (κ3) is 2.74. The van der Waals surface area contributed by atoms with Crippen LogP contribution in [-0.2, 0) is 0 Å². The largest absolute Gasteiger partial charge is 0.320 e.